The Hall–Kier alpha value is -1.66. The van der Waals surface area contributed by atoms with Gasteiger partial charge in [-0.3, -0.25) is 4.99 Å². The first-order valence-electron chi connectivity index (χ1n) is 7.48. The number of phenols is 1. The summed E-state index contributed by atoms with van der Waals surface area (Å²) < 4.78 is 0. The van der Waals surface area contributed by atoms with Gasteiger partial charge in [-0.25, -0.2) is 0 Å². The molecule has 0 spiro atoms. The van der Waals surface area contributed by atoms with E-state index >= 15 is 0 Å². The normalized spacial score (nSPS) is 12.6. The van der Waals surface area contributed by atoms with Gasteiger partial charge in [0.05, 0.1) is 5.54 Å². The zero-order valence-electron chi connectivity index (χ0n) is 13.9. The minimum absolute atomic E-state index is 0.0877. The van der Waals surface area contributed by atoms with Gasteiger partial charge in [-0.15, -0.1) is 0 Å². The second kappa shape index (κ2) is 6.62. The third-order valence-electron chi connectivity index (χ3n) is 3.31. The molecule has 2 aromatic carbocycles. The molecule has 0 radical (unpaired) electrons. The first-order valence-corrected chi connectivity index (χ1v) is 8.48. The van der Waals surface area contributed by atoms with Crippen LogP contribution in [0.1, 0.15) is 37.5 Å². The maximum atomic E-state index is 10.2. The fourth-order valence-corrected chi connectivity index (χ4v) is 3.30. The van der Waals surface area contributed by atoms with Gasteiger partial charge < -0.3 is 5.11 Å². The Morgan fingerprint density at radius 3 is 2.45 bits per heavy atom. The lowest BCUT2D eigenvalue weighted by atomic mass is 10.1. The topological polar surface area (TPSA) is 32.6 Å². The monoisotopic (exact) mass is 313 g/mol. The van der Waals surface area contributed by atoms with Crippen molar-refractivity contribution in [3.05, 3.63) is 53.1 Å². The summed E-state index contributed by atoms with van der Waals surface area (Å²) in [6.07, 6.45) is 1.96. The van der Waals surface area contributed by atoms with E-state index in [9.17, 15) is 5.11 Å². The summed E-state index contributed by atoms with van der Waals surface area (Å²) in [6.45, 7) is 10.3. The van der Waals surface area contributed by atoms with Crippen molar-refractivity contribution < 1.29 is 5.11 Å². The van der Waals surface area contributed by atoms with Crippen molar-refractivity contribution in [3.8, 4) is 5.75 Å². The van der Waals surface area contributed by atoms with Crippen LogP contribution in [0.5, 0.6) is 5.75 Å². The molecule has 0 aliphatic heterocycles. The van der Waals surface area contributed by atoms with Crippen molar-refractivity contribution >= 4 is 25.4 Å². The van der Waals surface area contributed by atoms with E-state index in [1.165, 1.54) is 10.9 Å². The second-order valence-corrected chi connectivity index (χ2v) is 7.94. The Kier molecular flexibility index (Phi) is 5.03. The molecule has 1 unspecified atom stereocenters. The third-order valence-corrected chi connectivity index (χ3v) is 4.70. The Labute approximate surface area is 135 Å². The SMILES string of the molecule is Cc1ccc(Pc2cccc(C)c2O)c(C=NC(C)(C)C)c1. The van der Waals surface area contributed by atoms with Crippen LogP contribution in [-0.2, 0) is 0 Å². The lowest BCUT2D eigenvalue weighted by Crippen LogP contribution is -2.14. The fraction of sp³-hybridized carbons (Fsp3) is 0.316. The van der Waals surface area contributed by atoms with E-state index in [1.54, 1.807) is 0 Å². The molecule has 0 fully saturated rings. The molecule has 0 bridgehead atoms. The largest absolute Gasteiger partial charge is 0.507 e. The molecule has 0 aliphatic rings. The smallest absolute Gasteiger partial charge is 0.126 e. The van der Waals surface area contributed by atoms with Gasteiger partial charge in [-0.05, 0) is 51.6 Å². The van der Waals surface area contributed by atoms with Gasteiger partial charge in [0.25, 0.3) is 0 Å². The highest BCUT2D eigenvalue weighted by atomic mass is 31.1. The molecule has 0 aliphatic carbocycles. The van der Waals surface area contributed by atoms with Crippen molar-refractivity contribution in [1.29, 1.82) is 0 Å². The van der Waals surface area contributed by atoms with Crippen molar-refractivity contribution in [2.24, 2.45) is 4.99 Å². The van der Waals surface area contributed by atoms with Crippen molar-refractivity contribution in [2.45, 2.75) is 40.2 Å². The number of aliphatic imine (C=N–C) groups is 1. The number of phenolic OH excluding ortho intramolecular Hbond substituents is 1. The van der Waals surface area contributed by atoms with Crippen molar-refractivity contribution in [2.75, 3.05) is 0 Å². The molecule has 0 heterocycles. The van der Waals surface area contributed by atoms with Gasteiger partial charge in [0.15, 0.2) is 0 Å². The van der Waals surface area contributed by atoms with Crippen LogP contribution in [-0.4, -0.2) is 16.9 Å². The molecule has 0 saturated carbocycles. The number of hydrogen-bond acceptors (Lipinski definition) is 2. The molecule has 0 saturated heterocycles. The molecule has 1 N–H and O–H groups in total. The Balaban J connectivity index is 2.39. The summed E-state index contributed by atoms with van der Waals surface area (Å²) in [5, 5.41) is 12.4. The first-order chi connectivity index (χ1) is 10.3. The number of aryl methyl sites for hydroxylation is 2. The van der Waals surface area contributed by atoms with E-state index in [1.807, 2.05) is 31.3 Å². The zero-order valence-corrected chi connectivity index (χ0v) is 14.9. The van der Waals surface area contributed by atoms with Gasteiger partial charge in [0, 0.05) is 17.1 Å². The average Bonchev–Trinajstić information content (AvgIpc) is 2.43. The number of aromatic hydroxyl groups is 1. The maximum absolute atomic E-state index is 10.2. The molecule has 0 aromatic heterocycles. The van der Waals surface area contributed by atoms with Gasteiger partial charge in [-0.1, -0.05) is 44.5 Å². The van der Waals surface area contributed by atoms with E-state index < -0.39 is 0 Å². The van der Waals surface area contributed by atoms with Gasteiger partial charge >= 0.3 is 0 Å². The fourth-order valence-electron chi connectivity index (χ4n) is 2.07. The Morgan fingerprint density at radius 1 is 1.05 bits per heavy atom. The lowest BCUT2D eigenvalue weighted by molar-refractivity contribution is 0.475. The number of benzene rings is 2. The highest BCUT2D eigenvalue weighted by molar-refractivity contribution is 7.56. The summed E-state index contributed by atoms with van der Waals surface area (Å²) in [7, 11) is 0.419. The maximum Gasteiger partial charge on any atom is 0.126 e. The third kappa shape index (κ3) is 4.42. The first kappa shape index (κ1) is 16.7. The van der Waals surface area contributed by atoms with Gasteiger partial charge in [-0.2, -0.15) is 0 Å². The van der Waals surface area contributed by atoms with Gasteiger partial charge in [0.2, 0.25) is 0 Å². The molecule has 3 heteroatoms. The van der Waals surface area contributed by atoms with E-state index in [2.05, 4.69) is 50.9 Å². The van der Waals surface area contributed by atoms with Crippen molar-refractivity contribution in [3.63, 3.8) is 0 Å². The van der Waals surface area contributed by atoms with Crippen LogP contribution < -0.4 is 10.6 Å². The quantitative estimate of drug-likeness (QED) is 0.677. The molecule has 22 heavy (non-hydrogen) atoms. The molecule has 1 atom stereocenters. The van der Waals surface area contributed by atoms with E-state index in [0.29, 0.717) is 14.3 Å². The Bertz CT molecular complexity index is 699. The molecular weight excluding hydrogens is 289 g/mol. The van der Waals surface area contributed by atoms with E-state index in [-0.39, 0.29) is 5.54 Å². The average molecular weight is 313 g/mol. The minimum Gasteiger partial charge on any atom is -0.507 e. The number of rotatable bonds is 3. The summed E-state index contributed by atoms with van der Waals surface area (Å²) >= 11 is 0. The predicted octanol–water partition coefficient (Wildman–Crippen LogP) is 3.86. The summed E-state index contributed by atoms with van der Waals surface area (Å²) in [5.74, 6) is 0.403. The molecule has 2 nitrogen and oxygen atoms in total. The van der Waals surface area contributed by atoms with Gasteiger partial charge in [0.1, 0.15) is 5.75 Å². The van der Waals surface area contributed by atoms with Crippen LogP contribution in [0.2, 0.25) is 0 Å². The van der Waals surface area contributed by atoms with E-state index in [4.69, 9.17) is 0 Å². The highest BCUT2D eigenvalue weighted by Gasteiger charge is 2.09. The highest BCUT2D eigenvalue weighted by Crippen LogP contribution is 2.23. The van der Waals surface area contributed by atoms with Crippen LogP contribution in [0.25, 0.3) is 0 Å². The second-order valence-electron chi connectivity index (χ2n) is 6.62. The molecule has 2 rings (SSSR count). The van der Waals surface area contributed by atoms with Crippen molar-refractivity contribution in [1.82, 2.24) is 0 Å². The minimum atomic E-state index is -0.0877. The van der Waals surface area contributed by atoms with Crippen LogP contribution in [0, 0.1) is 13.8 Å². The summed E-state index contributed by atoms with van der Waals surface area (Å²) in [5.41, 5.74) is 3.18. The molecular formula is C19H24NOP. The summed E-state index contributed by atoms with van der Waals surface area (Å²) in [4.78, 5) is 4.63. The predicted molar refractivity (Wildman–Crippen MR) is 99.0 cm³/mol. The lowest BCUT2D eigenvalue weighted by Gasteiger charge is -2.13. The van der Waals surface area contributed by atoms with Crippen LogP contribution >= 0.6 is 8.58 Å². The number of para-hydroxylation sites is 1. The zero-order chi connectivity index (χ0) is 16.3. The standard InChI is InChI=1S/C19H24NOP/c1-13-9-10-16(15(11-13)12-20-19(3,4)5)22-17-8-6-7-14(2)18(17)21/h6-12,21-22H,1-5H3. The summed E-state index contributed by atoms with van der Waals surface area (Å²) in [6, 6.07) is 12.3. The van der Waals surface area contributed by atoms with Crippen LogP contribution in [0.15, 0.2) is 41.4 Å². The number of hydrogen-bond donors (Lipinski definition) is 1. The van der Waals surface area contributed by atoms with Crippen LogP contribution in [0.4, 0.5) is 0 Å². The Morgan fingerprint density at radius 2 is 1.77 bits per heavy atom. The molecule has 116 valence electrons. The number of nitrogens with zero attached hydrogens (tertiary/aromatic N) is 1. The van der Waals surface area contributed by atoms with E-state index in [0.717, 1.165) is 16.4 Å². The van der Waals surface area contributed by atoms with Crippen LogP contribution in [0.3, 0.4) is 0 Å². The molecule has 0 amide bonds. The molecule has 2 aromatic rings.